The fraction of sp³-hybridized carbons (Fsp3) is 0.320. The summed E-state index contributed by atoms with van der Waals surface area (Å²) in [7, 11) is 0. The molecule has 2 aromatic carbocycles. The molecule has 0 unspecified atom stereocenters. The summed E-state index contributed by atoms with van der Waals surface area (Å²) in [6.45, 7) is 6.74. The molecule has 0 atom stereocenters. The first-order chi connectivity index (χ1) is 16.0. The Balaban J connectivity index is 1.88. The lowest BCUT2D eigenvalue weighted by atomic mass is 10.1. The fourth-order valence-electron chi connectivity index (χ4n) is 3.31. The van der Waals surface area contributed by atoms with Gasteiger partial charge < -0.3 is 14.2 Å². The summed E-state index contributed by atoms with van der Waals surface area (Å²) in [5.74, 6) is 0.455. The van der Waals surface area contributed by atoms with Gasteiger partial charge in [0.15, 0.2) is 6.29 Å². The van der Waals surface area contributed by atoms with Gasteiger partial charge in [-0.15, -0.1) is 0 Å². The van der Waals surface area contributed by atoms with Crippen LogP contribution in [-0.2, 0) is 27.4 Å². The molecule has 0 spiro atoms. The number of anilines is 1. The molecule has 0 bridgehead atoms. The van der Waals surface area contributed by atoms with Gasteiger partial charge in [0.1, 0.15) is 18.1 Å². The summed E-state index contributed by atoms with van der Waals surface area (Å²) < 4.78 is 18.0. The van der Waals surface area contributed by atoms with Gasteiger partial charge in [-0.25, -0.2) is 9.78 Å². The van der Waals surface area contributed by atoms with Gasteiger partial charge in [0.25, 0.3) is 5.56 Å². The number of carbonyl (C=O) groups excluding carboxylic acids is 1. The van der Waals surface area contributed by atoms with E-state index < -0.39 is 17.9 Å². The first kappa shape index (κ1) is 24.2. The molecule has 1 aromatic heterocycles. The van der Waals surface area contributed by atoms with Crippen LogP contribution in [0.25, 0.3) is 11.4 Å². The highest BCUT2D eigenvalue weighted by molar-refractivity contribution is 5.84. The van der Waals surface area contributed by atoms with Crippen molar-refractivity contribution >= 4 is 11.8 Å². The van der Waals surface area contributed by atoms with Gasteiger partial charge >= 0.3 is 6.09 Å². The summed E-state index contributed by atoms with van der Waals surface area (Å²) in [5, 5.41) is 2.51. The molecule has 0 saturated heterocycles. The van der Waals surface area contributed by atoms with E-state index in [9.17, 15) is 9.59 Å². The lowest BCUT2D eigenvalue weighted by Gasteiger charge is -2.21. The maximum Gasteiger partial charge on any atom is 0.412 e. The van der Waals surface area contributed by atoms with E-state index in [4.69, 9.17) is 14.2 Å². The summed E-state index contributed by atoms with van der Waals surface area (Å²) in [4.78, 5) is 30.1. The molecule has 1 N–H and O–H groups in total. The molecule has 174 valence electrons. The number of carbonyl (C=O) groups is 1. The molecule has 0 radical (unpaired) electrons. The van der Waals surface area contributed by atoms with Gasteiger partial charge in [-0.3, -0.25) is 14.7 Å². The van der Waals surface area contributed by atoms with Crippen LogP contribution in [0.15, 0.2) is 65.6 Å². The maximum atomic E-state index is 13.3. The van der Waals surface area contributed by atoms with E-state index in [0.29, 0.717) is 19.0 Å². The Kier molecular flexibility index (Phi) is 8.74. The number of aryl methyl sites for hydroxylation is 1. The van der Waals surface area contributed by atoms with Gasteiger partial charge in [0.2, 0.25) is 0 Å². The van der Waals surface area contributed by atoms with E-state index in [2.05, 4.69) is 10.3 Å². The van der Waals surface area contributed by atoms with Crippen LogP contribution in [0.5, 0.6) is 0 Å². The van der Waals surface area contributed by atoms with Crippen molar-refractivity contribution in [2.45, 2.75) is 40.2 Å². The highest BCUT2D eigenvalue weighted by Crippen LogP contribution is 2.19. The molecular formula is C25H29N3O5. The highest BCUT2D eigenvalue weighted by atomic mass is 16.7. The zero-order valence-corrected chi connectivity index (χ0v) is 19.1. The molecule has 8 heteroatoms. The smallest absolute Gasteiger partial charge is 0.412 e. The second-order valence-corrected chi connectivity index (χ2v) is 7.31. The van der Waals surface area contributed by atoms with E-state index in [-0.39, 0.29) is 18.8 Å². The van der Waals surface area contributed by atoms with Crippen molar-refractivity contribution in [2.75, 3.05) is 18.5 Å². The number of amides is 1. The lowest BCUT2D eigenvalue weighted by molar-refractivity contribution is -0.143. The normalized spacial score (nSPS) is 10.9. The Labute approximate surface area is 193 Å². The van der Waals surface area contributed by atoms with E-state index in [0.717, 1.165) is 16.7 Å². The summed E-state index contributed by atoms with van der Waals surface area (Å²) in [5.41, 5.74) is 2.23. The molecule has 0 fully saturated rings. The van der Waals surface area contributed by atoms with Gasteiger partial charge in [0, 0.05) is 18.8 Å². The van der Waals surface area contributed by atoms with Crippen LogP contribution in [-0.4, -0.2) is 35.1 Å². The number of aromatic nitrogens is 2. The number of rotatable bonds is 10. The van der Waals surface area contributed by atoms with Crippen LogP contribution >= 0.6 is 0 Å². The molecule has 1 heterocycles. The second-order valence-electron chi connectivity index (χ2n) is 7.31. The number of ether oxygens (including phenoxy) is 3. The first-order valence-electron chi connectivity index (χ1n) is 10.9. The summed E-state index contributed by atoms with van der Waals surface area (Å²) >= 11 is 0. The lowest BCUT2D eigenvalue weighted by Crippen LogP contribution is -2.34. The monoisotopic (exact) mass is 451 g/mol. The van der Waals surface area contributed by atoms with Crippen LogP contribution in [0.4, 0.5) is 10.5 Å². The average Bonchev–Trinajstić information content (AvgIpc) is 2.81. The SMILES string of the molecule is CCOC(Cn1c(-c2cccc(C)c2)ncc(NC(=O)OCc2ccccc2)c1=O)OCC. The van der Waals surface area contributed by atoms with E-state index in [1.807, 2.05) is 75.4 Å². The van der Waals surface area contributed by atoms with Crippen LogP contribution in [0.3, 0.4) is 0 Å². The number of nitrogens with one attached hydrogen (secondary N) is 1. The highest BCUT2D eigenvalue weighted by Gasteiger charge is 2.19. The van der Waals surface area contributed by atoms with Crippen molar-refractivity contribution in [1.82, 2.24) is 9.55 Å². The van der Waals surface area contributed by atoms with Gasteiger partial charge in [-0.05, 0) is 32.4 Å². The molecule has 1 amide bonds. The second kappa shape index (κ2) is 11.9. The van der Waals surface area contributed by atoms with Gasteiger partial charge in [-0.2, -0.15) is 0 Å². The zero-order chi connectivity index (χ0) is 23.6. The Bertz CT molecular complexity index is 1110. The molecule has 33 heavy (non-hydrogen) atoms. The van der Waals surface area contributed by atoms with Crippen molar-refractivity contribution in [1.29, 1.82) is 0 Å². The Morgan fingerprint density at radius 2 is 1.79 bits per heavy atom. The van der Waals surface area contributed by atoms with Crippen molar-refractivity contribution in [3.05, 3.63) is 82.3 Å². The van der Waals surface area contributed by atoms with Crippen molar-refractivity contribution in [2.24, 2.45) is 0 Å². The van der Waals surface area contributed by atoms with E-state index >= 15 is 0 Å². The molecule has 8 nitrogen and oxygen atoms in total. The number of hydrogen-bond donors (Lipinski definition) is 1. The van der Waals surface area contributed by atoms with Crippen LogP contribution in [0.2, 0.25) is 0 Å². The third-order valence-corrected chi connectivity index (χ3v) is 4.81. The number of hydrogen-bond acceptors (Lipinski definition) is 6. The molecule has 0 saturated carbocycles. The molecule has 0 aliphatic carbocycles. The van der Waals surface area contributed by atoms with E-state index in [1.54, 1.807) is 0 Å². The van der Waals surface area contributed by atoms with Crippen molar-refractivity contribution < 1.29 is 19.0 Å². The largest absolute Gasteiger partial charge is 0.444 e. The van der Waals surface area contributed by atoms with Crippen molar-refractivity contribution in [3.8, 4) is 11.4 Å². The minimum Gasteiger partial charge on any atom is -0.444 e. The van der Waals surface area contributed by atoms with Gasteiger partial charge in [-0.1, -0.05) is 54.1 Å². The molecule has 3 rings (SSSR count). The minimum absolute atomic E-state index is 0.0104. The maximum absolute atomic E-state index is 13.3. The topological polar surface area (TPSA) is 91.7 Å². The third kappa shape index (κ3) is 6.74. The van der Waals surface area contributed by atoms with Crippen molar-refractivity contribution in [3.63, 3.8) is 0 Å². The fourth-order valence-corrected chi connectivity index (χ4v) is 3.31. The molecular weight excluding hydrogens is 422 g/mol. The number of nitrogens with zero attached hydrogens (tertiary/aromatic N) is 2. The summed E-state index contributed by atoms with van der Waals surface area (Å²) in [6, 6.07) is 17.0. The van der Waals surface area contributed by atoms with E-state index in [1.165, 1.54) is 10.8 Å². The molecule has 0 aliphatic heterocycles. The zero-order valence-electron chi connectivity index (χ0n) is 19.1. The first-order valence-corrected chi connectivity index (χ1v) is 10.9. The molecule has 3 aromatic rings. The minimum atomic E-state index is -0.737. The predicted octanol–water partition coefficient (Wildman–Crippen LogP) is 4.37. The van der Waals surface area contributed by atoms with Gasteiger partial charge in [0.05, 0.1) is 12.7 Å². The van der Waals surface area contributed by atoms with Crippen LogP contribution < -0.4 is 10.9 Å². The average molecular weight is 452 g/mol. The Morgan fingerprint density at radius 1 is 1.06 bits per heavy atom. The predicted molar refractivity (Wildman–Crippen MR) is 126 cm³/mol. The Hall–Kier alpha value is -3.49. The Morgan fingerprint density at radius 3 is 2.45 bits per heavy atom. The number of benzene rings is 2. The quantitative estimate of drug-likeness (QED) is 0.461. The van der Waals surface area contributed by atoms with Crippen LogP contribution in [0.1, 0.15) is 25.0 Å². The molecule has 0 aliphatic rings. The standard InChI is InChI=1S/C25H29N3O5/c1-4-31-22(32-5-2)16-28-23(20-13-9-10-18(3)14-20)26-15-21(24(28)29)27-25(30)33-17-19-11-7-6-8-12-19/h6-15,22H,4-5,16-17H2,1-3H3,(H,27,30). The third-order valence-electron chi connectivity index (χ3n) is 4.81. The summed E-state index contributed by atoms with van der Waals surface area (Å²) in [6.07, 6.45) is -0.0292. The van der Waals surface area contributed by atoms with Crippen LogP contribution in [0, 0.1) is 6.92 Å².